The maximum absolute atomic E-state index is 11.0. The van der Waals surface area contributed by atoms with Gasteiger partial charge in [-0.15, -0.1) is 0 Å². The summed E-state index contributed by atoms with van der Waals surface area (Å²) in [7, 11) is 0. The van der Waals surface area contributed by atoms with Crippen molar-refractivity contribution >= 4 is 5.97 Å². The van der Waals surface area contributed by atoms with E-state index in [0.29, 0.717) is 11.3 Å². The third-order valence-electron chi connectivity index (χ3n) is 2.28. The summed E-state index contributed by atoms with van der Waals surface area (Å²) < 4.78 is 5.46. The second-order valence-electron chi connectivity index (χ2n) is 3.56. The number of hydrogen-bond donors (Lipinski definition) is 2. The summed E-state index contributed by atoms with van der Waals surface area (Å²) in [6, 6.07) is 9.90. The van der Waals surface area contributed by atoms with Gasteiger partial charge in [0.05, 0.1) is 6.61 Å². The molecule has 1 aromatic carbocycles. The van der Waals surface area contributed by atoms with E-state index in [1.807, 2.05) is 0 Å². The Morgan fingerprint density at radius 1 is 1.28 bits per heavy atom. The molecule has 0 radical (unpaired) electrons. The number of aliphatic hydroxyl groups excluding tert-OH is 1. The maximum atomic E-state index is 11.0. The first-order valence-electron chi connectivity index (χ1n) is 5.26. The number of rotatable bonds is 4. The monoisotopic (exact) mass is 245 g/mol. The Kier molecular flexibility index (Phi) is 3.54. The first kappa shape index (κ1) is 12.1. The minimum absolute atomic E-state index is 0.101. The molecule has 2 rings (SSSR count). The van der Waals surface area contributed by atoms with Crippen LogP contribution in [-0.4, -0.2) is 21.2 Å². The van der Waals surface area contributed by atoms with Crippen LogP contribution in [0, 0.1) is 0 Å². The Labute approximate surface area is 103 Å². The van der Waals surface area contributed by atoms with Gasteiger partial charge in [-0.25, -0.2) is 9.78 Å². The minimum atomic E-state index is -1.15. The van der Waals surface area contributed by atoms with Crippen LogP contribution < -0.4 is 4.74 Å². The molecule has 0 bridgehead atoms. The van der Waals surface area contributed by atoms with Crippen LogP contribution in [0.2, 0.25) is 0 Å². The summed E-state index contributed by atoms with van der Waals surface area (Å²) in [5, 5.41) is 18.0. The first-order valence-corrected chi connectivity index (χ1v) is 5.26. The van der Waals surface area contributed by atoms with E-state index in [2.05, 4.69) is 4.98 Å². The highest BCUT2D eigenvalue weighted by Crippen LogP contribution is 2.24. The van der Waals surface area contributed by atoms with Crippen molar-refractivity contribution in [1.82, 2.24) is 4.98 Å². The van der Waals surface area contributed by atoms with Gasteiger partial charge in [-0.2, -0.15) is 0 Å². The molecule has 0 amide bonds. The molecule has 2 N–H and O–H groups in total. The zero-order valence-corrected chi connectivity index (χ0v) is 9.41. The molecule has 0 atom stereocenters. The highest BCUT2D eigenvalue weighted by Gasteiger charge is 2.12. The van der Waals surface area contributed by atoms with E-state index in [1.54, 1.807) is 30.3 Å². The number of aromatic nitrogens is 1. The largest absolute Gasteiger partial charge is 0.476 e. The number of aliphatic hydroxyl groups is 1. The van der Waals surface area contributed by atoms with E-state index >= 15 is 0 Å². The SMILES string of the molecule is O=C(O)c1ncccc1Oc1cccc(CO)c1. The molecule has 5 heteroatoms. The fourth-order valence-corrected chi connectivity index (χ4v) is 1.47. The molecule has 92 valence electrons. The van der Waals surface area contributed by atoms with Gasteiger partial charge in [-0.1, -0.05) is 12.1 Å². The first-order chi connectivity index (χ1) is 8.70. The number of carbonyl (C=O) groups is 1. The zero-order valence-electron chi connectivity index (χ0n) is 9.41. The van der Waals surface area contributed by atoms with Crippen molar-refractivity contribution in [2.24, 2.45) is 0 Å². The molecule has 0 fully saturated rings. The van der Waals surface area contributed by atoms with E-state index in [-0.39, 0.29) is 18.1 Å². The molecule has 5 nitrogen and oxygen atoms in total. The summed E-state index contributed by atoms with van der Waals surface area (Å²) in [4.78, 5) is 14.7. The molecule has 0 aliphatic heterocycles. The van der Waals surface area contributed by atoms with Crippen LogP contribution in [0.15, 0.2) is 42.6 Å². The topological polar surface area (TPSA) is 79.7 Å². The summed E-state index contributed by atoms with van der Waals surface area (Å²) >= 11 is 0. The quantitative estimate of drug-likeness (QED) is 0.861. The number of carboxylic acids is 1. The number of aromatic carboxylic acids is 1. The van der Waals surface area contributed by atoms with Crippen molar-refractivity contribution in [3.8, 4) is 11.5 Å². The fourth-order valence-electron chi connectivity index (χ4n) is 1.47. The van der Waals surface area contributed by atoms with Crippen molar-refractivity contribution in [3.05, 3.63) is 53.9 Å². The number of pyridine rings is 1. The number of benzene rings is 1. The van der Waals surface area contributed by atoms with Gasteiger partial charge in [0.25, 0.3) is 0 Å². The average Bonchev–Trinajstić information content (AvgIpc) is 2.39. The molecule has 0 spiro atoms. The molecule has 0 unspecified atom stereocenters. The van der Waals surface area contributed by atoms with Crippen molar-refractivity contribution in [3.63, 3.8) is 0 Å². The van der Waals surface area contributed by atoms with Crippen LogP contribution in [0.25, 0.3) is 0 Å². The van der Waals surface area contributed by atoms with Gasteiger partial charge < -0.3 is 14.9 Å². The molecule has 0 aliphatic rings. The van der Waals surface area contributed by atoms with E-state index in [0.717, 1.165) is 0 Å². The van der Waals surface area contributed by atoms with E-state index in [1.165, 1.54) is 12.3 Å². The van der Waals surface area contributed by atoms with Gasteiger partial charge >= 0.3 is 5.97 Å². The van der Waals surface area contributed by atoms with Crippen molar-refractivity contribution in [1.29, 1.82) is 0 Å². The molecule has 18 heavy (non-hydrogen) atoms. The summed E-state index contributed by atoms with van der Waals surface area (Å²) in [6.45, 7) is -0.101. The highest BCUT2D eigenvalue weighted by atomic mass is 16.5. The molecule has 1 heterocycles. The van der Waals surface area contributed by atoms with E-state index in [9.17, 15) is 4.79 Å². The van der Waals surface area contributed by atoms with Gasteiger partial charge in [0.2, 0.25) is 0 Å². The van der Waals surface area contributed by atoms with E-state index in [4.69, 9.17) is 14.9 Å². The lowest BCUT2D eigenvalue weighted by atomic mass is 10.2. The van der Waals surface area contributed by atoms with Gasteiger partial charge in [0.1, 0.15) is 5.75 Å². The second-order valence-corrected chi connectivity index (χ2v) is 3.56. The van der Waals surface area contributed by atoms with Gasteiger partial charge in [0, 0.05) is 6.20 Å². The lowest BCUT2D eigenvalue weighted by Gasteiger charge is -2.08. The van der Waals surface area contributed by atoms with Crippen molar-refractivity contribution < 1.29 is 19.7 Å². The number of carboxylic acid groups (broad SMARTS) is 1. The fraction of sp³-hybridized carbons (Fsp3) is 0.0769. The highest BCUT2D eigenvalue weighted by molar-refractivity contribution is 5.88. The van der Waals surface area contributed by atoms with E-state index < -0.39 is 5.97 Å². The number of ether oxygens (including phenoxy) is 1. The number of nitrogens with zero attached hydrogens (tertiary/aromatic N) is 1. The minimum Gasteiger partial charge on any atom is -0.476 e. The van der Waals surface area contributed by atoms with Gasteiger partial charge in [-0.3, -0.25) is 0 Å². The Morgan fingerprint density at radius 3 is 2.83 bits per heavy atom. The van der Waals surface area contributed by atoms with Crippen LogP contribution in [0.4, 0.5) is 0 Å². The normalized spacial score (nSPS) is 10.1. The molecular weight excluding hydrogens is 234 g/mol. The number of hydrogen-bond acceptors (Lipinski definition) is 4. The molecule has 2 aromatic rings. The summed E-state index contributed by atoms with van der Waals surface area (Å²) in [5.41, 5.74) is 0.542. The predicted molar refractivity (Wildman–Crippen MR) is 63.6 cm³/mol. The van der Waals surface area contributed by atoms with Crippen LogP contribution >= 0.6 is 0 Å². The maximum Gasteiger partial charge on any atom is 0.358 e. The van der Waals surface area contributed by atoms with Crippen LogP contribution in [0.5, 0.6) is 11.5 Å². The van der Waals surface area contributed by atoms with Crippen LogP contribution in [0.3, 0.4) is 0 Å². The lowest BCUT2D eigenvalue weighted by Crippen LogP contribution is -2.02. The smallest absolute Gasteiger partial charge is 0.358 e. The van der Waals surface area contributed by atoms with Crippen molar-refractivity contribution in [2.75, 3.05) is 0 Å². The van der Waals surface area contributed by atoms with Gasteiger partial charge in [0.15, 0.2) is 11.4 Å². The standard InChI is InChI=1S/C13H11NO4/c15-8-9-3-1-4-10(7-9)18-11-5-2-6-14-12(11)13(16)17/h1-7,15H,8H2,(H,16,17). The molecule has 0 aliphatic carbocycles. The molecule has 1 aromatic heterocycles. The zero-order chi connectivity index (χ0) is 13.0. The second kappa shape index (κ2) is 5.29. The summed E-state index contributed by atoms with van der Waals surface area (Å²) in [6.07, 6.45) is 1.39. The molecular formula is C13H11NO4. The lowest BCUT2D eigenvalue weighted by molar-refractivity contribution is 0.0687. The Balaban J connectivity index is 2.31. The molecule has 0 saturated heterocycles. The molecule has 0 saturated carbocycles. The Hall–Kier alpha value is -2.40. The van der Waals surface area contributed by atoms with Crippen LogP contribution in [0.1, 0.15) is 16.1 Å². The predicted octanol–water partition coefficient (Wildman–Crippen LogP) is 2.06. The third-order valence-corrected chi connectivity index (χ3v) is 2.28. The summed E-state index contributed by atoms with van der Waals surface area (Å²) in [5.74, 6) is -0.527. The van der Waals surface area contributed by atoms with Crippen LogP contribution in [-0.2, 0) is 6.61 Å². The van der Waals surface area contributed by atoms with Gasteiger partial charge in [-0.05, 0) is 29.8 Å². The average molecular weight is 245 g/mol. The Bertz CT molecular complexity index is 568. The van der Waals surface area contributed by atoms with Crippen molar-refractivity contribution in [2.45, 2.75) is 6.61 Å². The Morgan fingerprint density at radius 2 is 2.11 bits per heavy atom. The third kappa shape index (κ3) is 2.64.